The third kappa shape index (κ3) is 3.82. The molecule has 0 heterocycles. The summed E-state index contributed by atoms with van der Waals surface area (Å²) in [5, 5.41) is 3.16. The molecular formula is C13H23N. The highest BCUT2D eigenvalue weighted by Gasteiger charge is 2.09. The first-order valence-corrected chi connectivity index (χ1v) is 5.44. The van der Waals surface area contributed by atoms with Gasteiger partial charge in [-0.25, -0.2) is 0 Å². The summed E-state index contributed by atoms with van der Waals surface area (Å²) in [7, 11) is 0. The van der Waals surface area contributed by atoms with Crippen LogP contribution in [0.1, 0.15) is 40.0 Å². The van der Waals surface area contributed by atoms with Crippen LogP contribution in [0.15, 0.2) is 36.7 Å². The third-order valence-corrected chi connectivity index (χ3v) is 2.53. The Morgan fingerprint density at radius 3 is 2.36 bits per heavy atom. The smallest absolute Gasteiger partial charge is 0.0368 e. The Bertz CT molecular complexity index is 213. The van der Waals surface area contributed by atoms with E-state index in [9.17, 15) is 0 Å². The van der Waals surface area contributed by atoms with Crippen molar-refractivity contribution in [2.24, 2.45) is 5.92 Å². The molecule has 0 aliphatic rings. The van der Waals surface area contributed by atoms with E-state index >= 15 is 0 Å². The van der Waals surface area contributed by atoms with Gasteiger partial charge in [-0.05, 0) is 36.6 Å². The topological polar surface area (TPSA) is 12.0 Å². The molecule has 1 atom stereocenters. The van der Waals surface area contributed by atoms with E-state index < -0.39 is 0 Å². The molecule has 1 N–H and O–H groups in total. The summed E-state index contributed by atoms with van der Waals surface area (Å²) in [6.07, 6.45) is 7.09. The number of rotatable bonds is 7. The largest absolute Gasteiger partial charge is 0.362 e. The van der Waals surface area contributed by atoms with Crippen molar-refractivity contribution in [2.45, 2.75) is 40.0 Å². The molecular weight excluding hydrogens is 170 g/mol. The third-order valence-electron chi connectivity index (χ3n) is 2.53. The van der Waals surface area contributed by atoms with Crippen LogP contribution in [-0.2, 0) is 0 Å². The molecule has 0 rings (SSSR count). The van der Waals surface area contributed by atoms with E-state index in [1.165, 1.54) is 18.4 Å². The van der Waals surface area contributed by atoms with E-state index in [0.717, 1.165) is 12.1 Å². The molecule has 1 heteroatoms. The number of allylic oxidation sites excluding steroid dienone is 2. The number of hydrogen-bond donors (Lipinski definition) is 1. The number of hydrogen-bond acceptors (Lipinski definition) is 1. The maximum absolute atomic E-state index is 3.83. The molecule has 1 nitrogen and oxygen atoms in total. The Morgan fingerprint density at radius 1 is 1.36 bits per heavy atom. The van der Waals surface area contributed by atoms with E-state index in [-0.39, 0.29) is 0 Å². The molecule has 0 saturated carbocycles. The Hall–Kier alpha value is -0.980. The summed E-state index contributed by atoms with van der Waals surface area (Å²) < 4.78 is 0. The lowest BCUT2D eigenvalue weighted by atomic mass is 9.92. The van der Waals surface area contributed by atoms with Gasteiger partial charge in [0.1, 0.15) is 0 Å². The summed E-state index contributed by atoms with van der Waals surface area (Å²) in [5.74, 6) is 0.621. The second kappa shape index (κ2) is 7.43. The SMILES string of the molecule is C=CN/C(C=C)=C(\CCC)C(C)CC. The molecule has 0 aliphatic heterocycles. The second-order valence-electron chi connectivity index (χ2n) is 3.55. The molecule has 0 aromatic heterocycles. The van der Waals surface area contributed by atoms with Crippen LogP contribution >= 0.6 is 0 Å². The highest BCUT2D eigenvalue weighted by atomic mass is 14.8. The van der Waals surface area contributed by atoms with Crippen molar-refractivity contribution in [2.75, 3.05) is 0 Å². The molecule has 0 aliphatic carbocycles. The standard InChI is InChI=1S/C13H23N/c1-6-10-12(11(5)7-2)13(8-3)14-9-4/h8-9,11,14H,3-4,6-7,10H2,1-2,5H3/b13-12+. The van der Waals surface area contributed by atoms with E-state index in [1.807, 2.05) is 6.08 Å². The zero-order valence-electron chi connectivity index (χ0n) is 9.77. The van der Waals surface area contributed by atoms with E-state index in [4.69, 9.17) is 0 Å². The molecule has 80 valence electrons. The quantitative estimate of drug-likeness (QED) is 0.602. The van der Waals surface area contributed by atoms with E-state index in [2.05, 4.69) is 39.2 Å². The highest BCUT2D eigenvalue weighted by Crippen LogP contribution is 2.22. The first kappa shape index (κ1) is 13.0. The van der Waals surface area contributed by atoms with Gasteiger partial charge in [0.2, 0.25) is 0 Å². The molecule has 1 unspecified atom stereocenters. The van der Waals surface area contributed by atoms with Crippen LogP contribution in [0.4, 0.5) is 0 Å². The fourth-order valence-electron chi connectivity index (χ4n) is 1.55. The fraction of sp³-hybridized carbons (Fsp3) is 0.538. The van der Waals surface area contributed by atoms with Crippen molar-refractivity contribution in [1.82, 2.24) is 5.32 Å². The Kier molecular flexibility index (Phi) is 6.91. The monoisotopic (exact) mass is 193 g/mol. The van der Waals surface area contributed by atoms with Crippen molar-refractivity contribution < 1.29 is 0 Å². The summed E-state index contributed by atoms with van der Waals surface area (Å²) in [6, 6.07) is 0. The highest BCUT2D eigenvalue weighted by molar-refractivity contribution is 5.25. The average molecular weight is 193 g/mol. The van der Waals surface area contributed by atoms with Gasteiger partial charge in [0, 0.05) is 5.70 Å². The lowest BCUT2D eigenvalue weighted by Crippen LogP contribution is -2.10. The minimum Gasteiger partial charge on any atom is -0.362 e. The zero-order chi connectivity index (χ0) is 11.0. The zero-order valence-corrected chi connectivity index (χ0v) is 9.77. The summed E-state index contributed by atoms with van der Waals surface area (Å²) >= 11 is 0. The van der Waals surface area contributed by atoms with Crippen molar-refractivity contribution in [3.05, 3.63) is 36.7 Å². The first-order valence-electron chi connectivity index (χ1n) is 5.44. The van der Waals surface area contributed by atoms with E-state index in [1.54, 1.807) is 6.20 Å². The minimum atomic E-state index is 0.621. The molecule has 0 amide bonds. The van der Waals surface area contributed by atoms with Gasteiger partial charge < -0.3 is 5.32 Å². The van der Waals surface area contributed by atoms with Gasteiger partial charge >= 0.3 is 0 Å². The summed E-state index contributed by atoms with van der Waals surface area (Å²) in [6.45, 7) is 14.2. The van der Waals surface area contributed by atoms with Gasteiger partial charge in [0.15, 0.2) is 0 Å². The predicted molar refractivity (Wildman–Crippen MR) is 64.9 cm³/mol. The Morgan fingerprint density at radius 2 is 2.00 bits per heavy atom. The van der Waals surface area contributed by atoms with Crippen molar-refractivity contribution in [3.63, 3.8) is 0 Å². The van der Waals surface area contributed by atoms with Crippen molar-refractivity contribution >= 4 is 0 Å². The molecule has 0 aromatic carbocycles. The maximum atomic E-state index is 3.83. The van der Waals surface area contributed by atoms with Crippen molar-refractivity contribution in [1.29, 1.82) is 0 Å². The van der Waals surface area contributed by atoms with Crippen LogP contribution < -0.4 is 5.32 Å². The summed E-state index contributed by atoms with van der Waals surface area (Å²) in [5.41, 5.74) is 2.60. The molecule has 0 spiro atoms. The van der Waals surface area contributed by atoms with Crippen LogP contribution in [0.3, 0.4) is 0 Å². The van der Waals surface area contributed by atoms with Crippen molar-refractivity contribution in [3.8, 4) is 0 Å². The van der Waals surface area contributed by atoms with Crippen LogP contribution in [0.25, 0.3) is 0 Å². The van der Waals surface area contributed by atoms with Gasteiger partial charge in [-0.15, -0.1) is 0 Å². The molecule has 0 fully saturated rings. The van der Waals surface area contributed by atoms with Crippen LogP contribution in [0, 0.1) is 5.92 Å². The summed E-state index contributed by atoms with van der Waals surface area (Å²) in [4.78, 5) is 0. The second-order valence-corrected chi connectivity index (χ2v) is 3.55. The van der Waals surface area contributed by atoms with Gasteiger partial charge in [-0.2, -0.15) is 0 Å². The van der Waals surface area contributed by atoms with Gasteiger partial charge in [0.05, 0.1) is 0 Å². The lowest BCUT2D eigenvalue weighted by molar-refractivity contribution is 0.607. The van der Waals surface area contributed by atoms with E-state index in [0.29, 0.717) is 5.92 Å². The first-order chi connectivity index (χ1) is 6.71. The van der Waals surface area contributed by atoms with Gasteiger partial charge in [-0.1, -0.05) is 40.3 Å². The normalized spacial score (nSPS) is 14.2. The average Bonchev–Trinajstić information content (AvgIpc) is 2.22. The molecule has 0 radical (unpaired) electrons. The molecule has 14 heavy (non-hydrogen) atoms. The Labute approximate surface area is 88.6 Å². The molecule has 0 aromatic rings. The fourth-order valence-corrected chi connectivity index (χ4v) is 1.55. The lowest BCUT2D eigenvalue weighted by Gasteiger charge is -2.17. The van der Waals surface area contributed by atoms with Gasteiger partial charge in [0.25, 0.3) is 0 Å². The van der Waals surface area contributed by atoms with Crippen LogP contribution in [-0.4, -0.2) is 0 Å². The van der Waals surface area contributed by atoms with Gasteiger partial charge in [-0.3, -0.25) is 0 Å². The molecule has 0 saturated heterocycles. The van der Waals surface area contributed by atoms with Crippen LogP contribution in [0.2, 0.25) is 0 Å². The minimum absolute atomic E-state index is 0.621. The Balaban J connectivity index is 4.85. The maximum Gasteiger partial charge on any atom is 0.0368 e. The van der Waals surface area contributed by atoms with Crippen LogP contribution in [0.5, 0.6) is 0 Å². The number of nitrogens with one attached hydrogen (secondary N) is 1. The predicted octanol–water partition coefficient (Wildman–Crippen LogP) is 4.01. The molecule has 0 bridgehead atoms.